The van der Waals surface area contributed by atoms with E-state index in [2.05, 4.69) is 10.2 Å². The molecule has 1 aliphatic heterocycles. The quantitative estimate of drug-likeness (QED) is 0.812. The molecule has 0 aliphatic carbocycles. The highest BCUT2D eigenvalue weighted by molar-refractivity contribution is 5.46. The lowest BCUT2D eigenvalue weighted by Crippen LogP contribution is -2.44. The molecule has 0 amide bonds. The molecule has 1 saturated heterocycles. The van der Waals surface area contributed by atoms with Crippen molar-refractivity contribution in [3.8, 4) is 0 Å². The number of nitrogens with one attached hydrogen (secondary N) is 1. The van der Waals surface area contributed by atoms with Gasteiger partial charge < -0.3 is 11.1 Å². The Labute approximate surface area is 110 Å². The van der Waals surface area contributed by atoms with Crippen LogP contribution in [0, 0.1) is 0 Å². The number of nitrogen functional groups attached to an aromatic ring is 1. The first-order valence-corrected chi connectivity index (χ1v) is 6.30. The van der Waals surface area contributed by atoms with Crippen LogP contribution in [-0.4, -0.2) is 31.1 Å². The van der Waals surface area contributed by atoms with Gasteiger partial charge in [0.05, 0.1) is 5.56 Å². The lowest BCUT2D eigenvalue weighted by atomic mass is 10.0. The van der Waals surface area contributed by atoms with E-state index in [1.54, 1.807) is 6.07 Å². The van der Waals surface area contributed by atoms with Gasteiger partial charge >= 0.3 is 6.18 Å². The highest BCUT2D eigenvalue weighted by Gasteiger charge is 2.32. The lowest BCUT2D eigenvalue weighted by Gasteiger charge is -2.33. The van der Waals surface area contributed by atoms with Crippen molar-refractivity contribution in [2.24, 2.45) is 0 Å². The summed E-state index contributed by atoms with van der Waals surface area (Å²) in [7, 11) is 0. The minimum atomic E-state index is -4.35. The Balaban J connectivity index is 2.26. The van der Waals surface area contributed by atoms with Crippen molar-refractivity contribution in [3.63, 3.8) is 0 Å². The summed E-state index contributed by atoms with van der Waals surface area (Å²) in [4.78, 5) is 2.16. The van der Waals surface area contributed by atoms with Crippen LogP contribution in [-0.2, 0) is 6.18 Å². The molecule has 1 fully saturated rings. The Morgan fingerprint density at radius 1 is 1.21 bits per heavy atom. The third kappa shape index (κ3) is 3.39. The minimum absolute atomic E-state index is 0.0632. The van der Waals surface area contributed by atoms with Crippen LogP contribution in [0.15, 0.2) is 18.2 Å². The first kappa shape index (κ1) is 14.1. The first-order chi connectivity index (χ1) is 8.88. The van der Waals surface area contributed by atoms with Crippen molar-refractivity contribution >= 4 is 5.69 Å². The summed E-state index contributed by atoms with van der Waals surface area (Å²) in [6.45, 7) is 5.30. The summed E-state index contributed by atoms with van der Waals surface area (Å²) in [5.41, 5.74) is 5.69. The zero-order valence-corrected chi connectivity index (χ0v) is 10.8. The van der Waals surface area contributed by atoms with Crippen LogP contribution in [0.25, 0.3) is 0 Å². The van der Waals surface area contributed by atoms with Gasteiger partial charge in [0, 0.05) is 37.9 Å². The number of nitrogens with two attached hydrogens (primary N) is 1. The molecule has 3 nitrogen and oxygen atoms in total. The fraction of sp³-hybridized carbons (Fsp3) is 0.538. The summed E-state index contributed by atoms with van der Waals surface area (Å²) in [6.07, 6.45) is -4.35. The van der Waals surface area contributed by atoms with Crippen molar-refractivity contribution in [3.05, 3.63) is 29.3 Å². The number of hydrogen-bond acceptors (Lipinski definition) is 3. The van der Waals surface area contributed by atoms with Crippen LogP contribution in [0.4, 0.5) is 18.9 Å². The van der Waals surface area contributed by atoms with Gasteiger partial charge in [-0.2, -0.15) is 13.2 Å². The normalized spacial score (nSPS) is 19.4. The molecule has 0 bridgehead atoms. The molecule has 1 unspecified atom stereocenters. The third-order valence-electron chi connectivity index (χ3n) is 3.49. The van der Waals surface area contributed by atoms with Crippen molar-refractivity contribution in [1.82, 2.24) is 10.2 Å². The monoisotopic (exact) mass is 273 g/mol. The highest BCUT2D eigenvalue weighted by Crippen LogP contribution is 2.33. The maximum atomic E-state index is 12.8. The van der Waals surface area contributed by atoms with Gasteiger partial charge in [0.1, 0.15) is 0 Å². The van der Waals surface area contributed by atoms with Gasteiger partial charge in [-0.05, 0) is 30.7 Å². The molecule has 1 heterocycles. The van der Waals surface area contributed by atoms with E-state index < -0.39 is 11.7 Å². The van der Waals surface area contributed by atoms with Crippen LogP contribution in [0.2, 0.25) is 0 Å². The van der Waals surface area contributed by atoms with Gasteiger partial charge in [-0.25, -0.2) is 0 Å². The topological polar surface area (TPSA) is 41.3 Å². The molecule has 19 heavy (non-hydrogen) atoms. The van der Waals surface area contributed by atoms with Crippen LogP contribution < -0.4 is 11.1 Å². The second-order valence-electron chi connectivity index (χ2n) is 4.85. The smallest absolute Gasteiger partial charge is 0.399 e. The molecule has 1 aliphatic rings. The fourth-order valence-electron chi connectivity index (χ4n) is 2.36. The third-order valence-corrected chi connectivity index (χ3v) is 3.49. The first-order valence-electron chi connectivity index (χ1n) is 6.30. The molecule has 0 radical (unpaired) electrons. The Bertz CT molecular complexity index is 439. The van der Waals surface area contributed by atoms with E-state index in [0.29, 0.717) is 5.56 Å². The molecular weight excluding hydrogens is 255 g/mol. The molecule has 3 N–H and O–H groups in total. The number of anilines is 1. The van der Waals surface area contributed by atoms with Gasteiger partial charge in [-0.3, -0.25) is 4.90 Å². The fourth-order valence-corrected chi connectivity index (χ4v) is 2.36. The molecule has 2 rings (SSSR count). The molecule has 0 saturated carbocycles. The van der Waals surface area contributed by atoms with Crippen molar-refractivity contribution < 1.29 is 13.2 Å². The van der Waals surface area contributed by atoms with Crippen LogP contribution in [0.1, 0.15) is 24.1 Å². The molecule has 0 aromatic heterocycles. The van der Waals surface area contributed by atoms with Crippen molar-refractivity contribution in [1.29, 1.82) is 0 Å². The Morgan fingerprint density at radius 2 is 1.84 bits per heavy atom. The van der Waals surface area contributed by atoms with Crippen LogP contribution >= 0.6 is 0 Å². The average Bonchev–Trinajstić information content (AvgIpc) is 2.37. The maximum Gasteiger partial charge on any atom is 0.416 e. The van der Waals surface area contributed by atoms with E-state index in [4.69, 9.17) is 5.73 Å². The van der Waals surface area contributed by atoms with Gasteiger partial charge in [-0.15, -0.1) is 0 Å². The molecule has 1 aromatic carbocycles. The molecule has 6 heteroatoms. The molecule has 1 aromatic rings. The number of nitrogens with zero attached hydrogens (tertiary/aromatic N) is 1. The minimum Gasteiger partial charge on any atom is -0.399 e. The number of benzene rings is 1. The van der Waals surface area contributed by atoms with E-state index in [0.717, 1.165) is 32.2 Å². The molecular formula is C13H18F3N3. The largest absolute Gasteiger partial charge is 0.416 e. The van der Waals surface area contributed by atoms with E-state index in [9.17, 15) is 13.2 Å². The second kappa shape index (κ2) is 5.38. The lowest BCUT2D eigenvalue weighted by molar-refractivity contribution is -0.137. The van der Waals surface area contributed by atoms with E-state index >= 15 is 0 Å². The number of hydrogen-bond donors (Lipinski definition) is 2. The van der Waals surface area contributed by atoms with Crippen molar-refractivity contribution in [2.45, 2.75) is 19.1 Å². The number of halogens is 3. The average molecular weight is 273 g/mol. The molecule has 1 atom stereocenters. The number of alkyl halides is 3. The van der Waals surface area contributed by atoms with Crippen LogP contribution in [0.5, 0.6) is 0 Å². The predicted octanol–water partition coefficient (Wildman–Crippen LogP) is 2.25. The summed E-state index contributed by atoms with van der Waals surface area (Å²) in [5, 5.41) is 3.22. The Kier molecular flexibility index (Phi) is 4.01. The summed E-state index contributed by atoms with van der Waals surface area (Å²) < 4.78 is 38.3. The highest BCUT2D eigenvalue weighted by atomic mass is 19.4. The van der Waals surface area contributed by atoms with Gasteiger partial charge in [0.25, 0.3) is 0 Å². The summed E-state index contributed by atoms with van der Waals surface area (Å²) in [6, 6.07) is 3.74. The van der Waals surface area contributed by atoms with E-state index in [-0.39, 0.29) is 11.7 Å². The maximum absolute atomic E-state index is 12.8. The zero-order chi connectivity index (χ0) is 14.0. The number of rotatable bonds is 2. The summed E-state index contributed by atoms with van der Waals surface area (Å²) >= 11 is 0. The van der Waals surface area contributed by atoms with Gasteiger partial charge in [0.2, 0.25) is 0 Å². The standard InChI is InChI=1S/C13H18F3N3/c1-9(19-4-2-18-3-5-19)10-6-11(13(14,15)16)8-12(17)7-10/h6-9,18H,2-5,17H2,1H3. The SMILES string of the molecule is CC(c1cc(N)cc(C(F)(F)F)c1)N1CCNCC1. The van der Waals surface area contributed by atoms with E-state index in [1.165, 1.54) is 6.07 Å². The predicted molar refractivity (Wildman–Crippen MR) is 68.7 cm³/mol. The van der Waals surface area contributed by atoms with Gasteiger partial charge in [-0.1, -0.05) is 0 Å². The van der Waals surface area contributed by atoms with Gasteiger partial charge in [0.15, 0.2) is 0 Å². The Hall–Kier alpha value is -1.27. The number of piperazine rings is 1. The molecule has 0 spiro atoms. The van der Waals surface area contributed by atoms with E-state index in [1.807, 2.05) is 6.92 Å². The molecule has 106 valence electrons. The van der Waals surface area contributed by atoms with Crippen molar-refractivity contribution in [2.75, 3.05) is 31.9 Å². The summed E-state index contributed by atoms with van der Waals surface area (Å²) in [5.74, 6) is 0. The Morgan fingerprint density at radius 3 is 2.42 bits per heavy atom. The zero-order valence-electron chi connectivity index (χ0n) is 10.8. The van der Waals surface area contributed by atoms with Crippen LogP contribution in [0.3, 0.4) is 0 Å². The second-order valence-corrected chi connectivity index (χ2v) is 4.85.